The monoisotopic (exact) mass is 255 g/mol. The van der Waals surface area contributed by atoms with Crippen molar-refractivity contribution in [2.24, 2.45) is 10.8 Å². The number of benzene rings is 1. The highest BCUT2D eigenvalue weighted by Crippen LogP contribution is 2.06. The lowest BCUT2D eigenvalue weighted by Crippen LogP contribution is -2.24. The average Bonchev–Trinajstić information content (AvgIpc) is 2.45. The maximum absolute atomic E-state index is 11.8. The standard InChI is InChI=1S/C13H13N5O/c14-11-3-1-2-10(8-11)13(19)18-17-12(15)9-4-6-16-7-5-9/h1-8H,14H2,(H2,15,17)(H,18,19). The van der Waals surface area contributed by atoms with Crippen LogP contribution in [-0.4, -0.2) is 16.7 Å². The summed E-state index contributed by atoms with van der Waals surface area (Å²) >= 11 is 0. The second-order valence-corrected chi connectivity index (χ2v) is 3.80. The molecule has 0 radical (unpaired) electrons. The molecule has 0 saturated carbocycles. The van der Waals surface area contributed by atoms with E-state index >= 15 is 0 Å². The van der Waals surface area contributed by atoms with Crippen molar-refractivity contribution in [2.75, 3.05) is 5.73 Å². The first-order valence-corrected chi connectivity index (χ1v) is 5.56. The normalized spacial score (nSPS) is 11.1. The van der Waals surface area contributed by atoms with Gasteiger partial charge >= 0.3 is 0 Å². The van der Waals surface area contributed by atoms with Gasteiger partial charge in [0.2, 0.25) is 0 Å². The Kier molecular flexibility index (Phi) is 3.72. The SMILES string of the molecule is NC(=NNC(=O)c1cccc(N)c1)c1ccncc1. The van der Waals surface area contributed by atoms with Gasteiger partial charge in [-0.3, -0.25) is 9.78 Å². The molecule has 1 aromatic heterocycles. The molecule has 19 heavy (non-hydrogen) atoms. The number of anilines is 1. The molecule has 0 atom stereocenters. The first-order valence-electron chi connectivity index (χ1n) is 5.56. The molecule has 0 saturated heterocycles. The maximum Gasteiger partial charge on any atom is 0.271 e. The van der Waals surface area contributed by atoms with Crippen LogP contribution >= 0.6 is 0 Å². The summed E-state index contributed by atoms with van der Waals surface area (Å²) in [5.74, 6) is -0.163. The molecule has 0 aliphatic carbocycles. The van der Waals surface area contributed by atoms with E-state index in [1.54, 1.807) is 48.8 Å². The Morgan fingerprint density at radius 2 is 1.89 bits per heavy atom. The van der Waals surface area contributed by atoms with E-state index in [9.17, 15) is 4.79 Å². The van der Waals surface area contributed by atoms with Crippen LogP contribution in [0.25, 0.3) is 0 Å². The maximum atomic E-state index is 11.8. The molecule has 0 spiro atoms. The minimum atomic E-state index is -0.371. The first kappa shape index (κ1) is 12.6. The summed E-state index contributed by atoms with van der Waals surface area (Å²) in [6, 6.07) is 10.00. The van der Waals surface area contributed by atoms with Gasteiger partial charge in [-0.15, -0.1) is 0 Å². The summed E-state index contributed by atoms with van der Waals surface area (Å²) < 4.78 is 0. The molecule has 0 aliphatic rings. The minimum Gasteiger partial charge on any atom is -0.399 e. The molecule has 6 nitrogen and oxygen atoms in total. The van der Waals surface area contributed by atoms with Crippen molar-refractivity contribution in [1.29, 1.82) is 0 Å². The van der Waals surface area contributed by atoms with Crippen molar-refractivity contribution in [1.82, 2.24) is 10.4 Å². The summed E-state index contributed by atoms with van der Waals surface area (Å²) in [4.78, 5) is 15.7. The van der Waals surface area contributed by atoms with Gasteiger partial charge in [0.15, 0.2) is 5.84 Å². The topological polar surface area (TPSA) is 106 Å². The molecule has 1 amide bonds. The third-order valence-electron chi connectivity index (χ3n) is 2.40. The van der Waals surface area contributed by atoms with Gasteiger partial charge in [-0.25, -0.2) is 5.43 Å². The number of rotatable bonds is 3. The summed E-state index contributed by atoms with van der Waals surface area (Å²) in [7, 11) is 0. The van der Waals surface area contributed by atoms with Crippen LogP contribution in [0.4, 0.5) is 5.69 Å². The lowest BCUT2D eigenvalue weighted by atomic mass is 10.2. The fraction of sp³-hybridized carbons (Fsp3) is 0. The quantitative estimate of drug-likeness (QED) is 0.325. The van der Waals surface area contributed by atoms with Crippen LogP contribution < -0.4 is 16.9 Å². The molecule has 0 bridgehead atoms. The zero-order valence-corrected chi connectivity index (χ0v) is 10.1. The van der Waals surface area contributed by atoms with Crippen molar-refractivity contribution in [2.45, 2.75) is 0 Å². The highest BCUT2D eigenvalue weighted by Gasteiger charge is 2.05. The van der Waals surface area contributed by atoms with Gasteiger partial charge in [0, 0.05) is 29.2 Å². The molecule has 6 heteroatoms. The lowest BCUT2D eigenvalue weighted by molar-refractivity contribution is 0.0955. The third kappa shape index (κ3) is 3.29. The molecule has 1 aromatic carbocycles. The molecule has 1 heterocycles. The number of nitrogen functional groups attached to an aromatic ring is 1. The molecule has 2 rings (SSSR count). The van der Waals surface area contributed by atoms with Crippen molar-refractivity contribution < 1.29 is 4.79 Å². The lowest BCUT2D eigenvalue weighted by Gasteiger charge is -2.03. The molecule has 0 aliphatic heterocycles. The van der Waals surface area contributed by atoms with Crippen LogP contribution in [0.15, 0.2) is 53.9 Å². The highest BCUT2D eigenvalue weighted by atomic mass is 16.2. The smallest absolute Gasteiger partial charge is 0.271 e. The van der Waals surface area contributed by atoms with Crippen LogP contribution in [-0.2, 0) is 0 Å². The van der Waals surface area contributed by atoms with E-state index in [4.69, 9.17) is 11.5 Å². The Balaban J connectivity index is 2.08. The number of carbonyl (C=O) groups is 1. The van der Waals surface area contributed by atoms with Gasteiger partial charge < -0.3 is 11.5 Å². The van der Waals surface area contributed by atoms with E-state index < -0.39 is 0 Å². The van der Waals surface area contributed by atoms with Gasteiger partial charge in [0.25, 0.3) is 5.91 Å². The average molecular weight is 255 g/mol. The second-order valence-electron chi connectivity index (χ2n) is 3.80. The number of amides is 1. The zero-order chi connectivity index (χ0) is 13.7. The number of hydrogen-bond acceptors (Lipinski definition) is 4. The largest absolute Gasteiger partial charge is 0.399 e. The number of pyridine rings is 1. The van der Waals surface area contributed by atoms with Gasteiger partial charge in [0.1, 0.15) is 0 Å². The van der Waals surface area contributed by atoms with Crippen molar-refractivity contribution in [3.05, 3.63) is 59.9 Å². The predicted molar refractivity (Wildman–Crippen MR) is 73.3 cm³/mol. The molecular formula is C13H13N5O. The summed E-state index contributed by atoms with van der Waals surface area (Å²) in [6.45, 7) is 0. The van der Waals surface area contributed by atoms with Crippen LogP contribution in [0.2, 0.25) is 0 Å². The molecule has 96 valence electrons. The number of aromatic nitrogens is 1. The number of amidine groups is 1. The number of hydrogen-bond donors (Lipinski definition) is 3. The third-order valence-corrected chi connectivity index (χ3v) is 2.40. The highest BCUT2D eigenvalue weighted by molar-refractivity contribution is 6.00. The summed E-state index contributed by atoms with van der Waals surface area (Å²) in [5, 5.41) is 3.83. The van der Waals surface area contributed by atoms with Crippen molar-refractivity contribution in [3.63, 3.8) is 0 Å². The van der Waals surface area contributed by atoms with E-state index in [0.29, 0.717) is 16.8 Å². The molecular weight excluding hydrogens is 242 g/mol. The van der Waals surface area contributed by atoms with Gasteiger partial charge in [-0.1, -0.05) is 6.07 Å². The summed E-state index contributed by atoms with van der Waals surface area (Å²) in [5.41, 5.74) is 15.3. The van der Waals surface area contributed by atoms with Crippen LogP contribution in [0.3, 0.4) is 0 Å². The van der Waals surface area contributed by atoms with Crippen LogP contribution in [0.1, 0.15) is 15.9 Å². The second kappa shape index (κ2) is 5.63. The number of nitrogens with zero attached hydrogens (tertiary/aromatic N) is 2. The van der Waals surface area contributed by atoms with Gasteiger partial charge in [-0.2, -0.15) is 5.10 Å². The van der Waals surface area contributed by atoms with Crippen molar-refractivity contribution in [3.8, 4) is 0 Å². The van der Waals surface area contributed by atoms with Crippen LogP contribution in [0, 0.1) is 0 Å². The zero-order valence-electron chi connectivity index (χ0n) is 10.1. The van der Waals surface area contributed by atoms with E-state index in [0.717, 1.165) is 0 Å². The molecule has 0 fully saturated rings. The molecule has 0 unspecified atom stereocenters. The number of hydrazone groups is 1. The fourth-order valence-electron chi connectivity index (χ4n) is 1.44. The number of nitrogens with one attached hydrogen (secondary N) is 1. The number of carbonyl (C=O) groups excluding carboxylic acids is 1. The Labute approximate surface area is 110 Å². The van der Waals surface area contributed by atoms with E-state index in [1.165, 1.54) is 0 Å². The van der Waals surface area contributed by atoms with E-state index in [2.05, 4.69) is 15.5 Å². The Morgan fingerprint density at radius 1 is 1.16 bits per heavy atom. The van der Waals surface area contributed by atoms with E-state index in [-0.39, 0.29) is 11.7 Å². The Hall–Kier alpha value is -2.89. The summed E-state index contributed by atoms with van der Waals surface area (Å²) in [6.07, 6.45) is 3.19. The fourth-order valence-corrected chi connectivity index (χ4v) is 1.44. The molecule has 5 N–H and O–H groups in total. The Morgan fingerprint density at radius 3 is 2.58 bits per heavy atom. The van der Waals surface area contributed by atoms with Crippen molar-refractivity contribution >= 4 is 17.4 Å². The predicted octanol–water partition coefficient (Wildman–Crippen LogP) is 0.714. The molecule has 2 aromatic rings. The number of nitrogens with two attached hydrogens (primary N) is 2. The van der Waals surface area contributed by atoms with Crippen LogP contribution in [0.5, 0.6) is 0 Å². The van der Waals surface area contributed by atoms with Gasteiger partial charge in [0.05, 0.1) is 0 Å². The Bertz CT molecular complexity index is 609. The first-order chi connectivity index (χ1) is 9.16. The van der Waals surface area contributed by atoms with Gasteiger partial charge in [-0.05, 0) is 30.3 Å². The van der Waals surface area contributed by atoms with E-state index in [1.807, 2.05) is 0 Å². The minimum absolute atomic E-state index is 0.208.